The molecule has 0 bridgehead atoms. The molecule has 0 fully saturated rings. The SMILES string of the molecule is Clc1ccc(-c2nc(-c3c(Cl)cccc3Cl)[nH]c2-c2ccncc2)cc1.Cn1c(-c2c(Cl)cccc2Cl)nc(-c2ccncc2)c1-c1ccc(Cl)cc1. The number of hydrogen-bond acceptors (Lipinski definition) is 4. The molecule has 0 aliphatic heterocycles. The minimum Gasteiger partial charge on any atom is -0.337 e. The van der Waals surface area contributed by atoms with Gasteiger partial charge in [-0.05, 0) is 72.8 Å². The lowest BCUT2D eigenvalue weighted by molar-refractivity contribution is 0.933. The first-order valence-corrected chi connectivity index (χ1v) is 18.3. The molecule has 8 aromatic rings. The van der Waals surface area contributed by atoms with E-state index in [1.165, 1.54) is 0 Å². The van der Waals surface area contributed by atoms with Crippen molar-refractivity contribution in [1.29, 1.82) is 0 Å². The molecular weight excluding hydrogens is 789 g/mol. The van der Waals surface area contributed by atoms with Crippen molar-refractivity contribution < 1.29 is 0 Å². The summed E-state index contributed by atoms with van der Waals surface area (Å²) in [7, 11) is 1.95. The molecule has 0 aliphatic rings. The number of hydrogen-bond donors (Lipinski definition) is 1. The molecule has 4 aromatic heterocycles. The average Bonchev–Trinajstić information content (AvgIpc) is 3.75. The van der Waals surface area contributed by atoms with Crippen molar-refractivity contribution in [2.45, 2.75) is 0 Å². The first kappa shape index (κ1) is 36.7. The fourth-order valence-corrected chi connectivity index (χ4v) is 7.24. The van der Waals surface area contributed by atoms with Crippen LogP contribution in [0, 0.1) is 0 Å². The molecule has 0 radical (unpaired) electrons. The van der Waals surface area contributed by atoms with Crippen molar-refractivity contribution in [1.82, 2.24) is 29.5 Å². The summed E-state index contributed by atoms with van der Waals surface area (Å²) in [5, 5.41) is 3.54. The Hall–Kier alpha value is -4.66. The van der Waals surface area contributed by atoms with Crippen LogP contribution in [0.4, 0.5) is 0 Å². The summed E-state index contributed by atoms with van der Waals surface area (Å²) in [6.45, 7) is 0. The number of imidazole rings is 2. The normalized spacial score (nSPS) is 10.9. The third-order valence-electron chi connectivity index (χ3n) is 8.34. The van der Waals surface area contributed by atoms with Crippen molar-refractivity contribution in [3.63, 3.8) is 0 Å². The van der Waals surface area contributed by atoms with Crippen molar-refractivity contribution in [3.8, 4) is 67.8 Å². The van der Waals surface area contributed by atoms with E-state index in [4.69, 9.17) is 79.6 Å². The van der Waals surface area contributed by atoms with E-state index in [-0.39, 0.29) is 0 Å². The Morgan fingerprint density at radius 3 is 1.45 bits per heavy atom. The maximum absolute atomic E-state index is 6.45. The van der Waals surface area contributed by atoms with Gasteiger partial charge in [-0.25, -0.2) is 9.97 Å². The average molecular weight is 815 g/mol. The predicted molar refractivity (Wildman–Crippen MR) is 220 cm³/mol. The molecule has 0 saturated carbocycles. The van der Waals surface area contributed by atoms with Crippen molar-refractivity contribution in [2.75, 3.05) is 0 Å². The van der Waals surface area contributed by atoms with E-state index in [2.05, 4.69) is 15.0 Å². The topological polar surface area (TPSA) is 72.3 Å². The zero-order chi connectivity index (χ0) is 37.1. The van der Waals surface area contributed by atoms with Crippen LogP contribution in [0.3, 0.4) is 0 Å². The van der Waals surface area contributed by atoms with Crippen molar-refractivity contribution in [3.05, 3.63) is 164 Å². The molecule has 12 heteroatoms. The van der Waals surface area contributed by atoms with Gasteiger partial charge in [-0.15, -0.1) is 0 Å². The Morgan fingerprint density at radius 1 is 0.472 bits per heavy atom. The predicted octanol–water partition coefficient (Wildman–Crippen LogP) is 13.5. The van der Waals surface area contributed by atoms with Crippen LogP contribution in [0.25, 0.3) is 67.8 Å². The number of aromatic nitrogens is 6. The Kier molecular flexibility index (Phi) is 11.2. The highest BCUT2D eigenvalue weighted by Gasteiger charge is 2.22. The lowest BCUT2D eigenvalue weighted by Gasteiger charge is -2.10. The van der Waals surface area contributed by atoms with Crippen LogP contribution in [0.15, 0.2) is 134 Å². The van der Waals surface area contributed by atoms with Crippen molar-refractivity contribution in [2.24, 2.45) is 7.05 Å². The number of aromatic amines is 1. The van der Waals surface area contributed by atoms with Gasteiger partial charge in [0.05, 0.1) is 54.0 Å². The van der Waals surface area contributed by atoms with Crippen LogP contribution in [-0.2, 0) is 7.05 Å². The maximum atomic E-state index is 6.45. The summed E-state index contributed by atoms with van der Waals surface area (Å²) in [5.41, 5.74) is 8.66. The van der Waals surface area contributed by atoms with Crippen LogP contribution < -0.4 is 0 Å². The first-order chi connectivity index (χ1) is 25.7. The maximum Gasteiger partial charge on any atom is 0.143 e. The number of pyridine rings is 2. The Morgan fingerprint density at radius 2 is 0.925 bits per heavy atom. The number of halogens is 6. The molecule has 0 aliphatic carbocycles. The van der Waals surface area contributed by atoms with Crippen molar-refractivity contribution >= 4 is 69.6 Å². The van der Waals surface area contributed by atoms with Gasteiger partial charge >= 0.3 is 0 Å². The molecule has 53 heavy (non-hydrogen) atoms. The van der Waals surface area contributed by atoms with E-state index in [1.807, 2.05) is 103 Å². The monoisotopic (exact) mass is 812 g/mol. The second-order valence-electron chi connectivity index (χ2n) is 11.7. The molecule has 0 unspecified atom stereocenters. The van der Waals surface area contributed by atoms with Gasteiger partial charge in [0.25, 0.3) is 0 Å². The lowest BCUT2D eigenvalue weighted by atomic mass is 10.1. The molecule has 262 valence electrons. The molecular formula is C41H26Cl6N6. The molecule has 0 spiro atoms. The molecule has 6 nitrogen and oxygen atoms in total. The van der Waals surface area contributed by atoms with Gasteiger partial charge in [0.2, 0.25) is 0 Å². The summed E-state index contributed by atoms with van der Waals surface area (Å²) < 4.78 is 2.01. The van der Waals surface area contributed by atoms with E-state index in [0.717, 1.165) is 45.0 Å². The number of rotatable bonds is 6. The Bertz CT molecular complexity index is 2480. The molecule has 0 amide bonds. The van der Waals surface area contributed by atoms with Gasteiger partial charge in [-0.2, -0.15) is 0 Å². The molecule has 4 heterocycles. The summed E-state index contributed by atoms with van der Waals surface area (Å²) >= 11 is 37.7. The summed E-state index contributed by atoms with van der Waals surface area (Å²) in [6.07, 6.45) is 6.98. The smallest absolute Gasteiger partial charge is 0.143 e. The Balaban J connectivity index is 0.000000164. The zero-order valence-corrected chi connectivity index (χ0v) is 32.2. The highest BCUT2D eigenvalue weighted by molar-refractivity contribution is 6.39. The molecule has 0 saturated heterocycles. The molecule has 0 atom stereocenters. The Labute approximate surface area is 336 Å². The van der Waals surface area contributed by atoms with E-state index < -0.39 is 0 Å². The quantitative estimate of drug-likeness (QED) is 0.181. The minimum absolute atomic E-state index is 0.537. The van der Waals surface area contributed by atoms with Crippen LogP contribution in [0.5, 0.6) is 0 Å². The summed E-state index contributed by atoms with van der Waals surface area (Å²) in [4.78, 5) is 21.3. The number of H-pyrrole nitrogens is 1. The highest BCUT2D eigenvalue weighted by atomic mass is 35.5. The summed E-state index contributed by atoms with van der Waals surface area (Å²) in [5.74, 6) is 1.31. The largest absolute Gasteiger partial charge is 0.337 e. The zero-order valence-electron chi connectivity index (χ0n) is 27.7. The van der Waals surface area contributed by atoms with E-state index in [9.17, 15) is 0 Å². The third-order valence-corrected chi connectivity index (χ3v) is 10.1. The van der Waals surface area contributed by atoms with E-state index >= 15 is 0 Å². The molecule has 1 N–H and O–H groups in total. The number of benzene rings is 4. The van der Waals surface area contributed by atoms with Gasteiger partial charge in [0.1, 0.15) is 11.6 Å². The highest BCUT2D eigenvalue weighted by Crippen LogP contribution is 2.41. The minimum atomic E-state index is 0.537. The van der Waals surface area contributed by atoms with Crippen LogP contribution in [0.2, 0.25) is 30.1 Å². The fraction of sp³-hybridized carbons (Fsp3) is 0.0244. The van der Waals surface area contributed by atoms with Gasteiger partial charge in [0, 0.05) is 64.1 Å². The first-order valence-electron chi connectivity index (χ1n) is 16.1. The van der Waals surface area contributed by atoms with Gasteiger partial charge in [-0.3, -0.25) is 9.97 Å². The van der Waals surface area contributed by atoms with E-state index in [1.54, 1.807) is 43.0 Å². The lowest BCUT2D eigenvalue weighted by Crippen LogP contribution is -1.97. The number of nitrogens with zero attached hydrogens (tertiary/aromatic N) is 5. The molecule has 8 rings (SSSR count). The standard InChI is InChI=1S/C21H14Cl3N3.C20H12Cl3N3/c1-27-20(14-5-7-15(22)8-6-14)19(13-9-11-25-12-10-13)26-21(27)18-16(23)3-2-4-17(18)24;21-14-6-4-12(5-7-14)18-19(13-8-10-24-11-9-13)26-20(25-18)17-15(22)2-1-3-16(17)23/h2-12H,1H3;1-11H,(H,25,26). The second kappa shape index (κ2) is 16.1. The molecule has 4 aromatic carbocycles. The number of nitrogens with one attached hydrogen (secondary N) is 1. The van der Waals surface area contributed by atoms with Gasteiger partial charge < -0.3 is 9.55 Å². The van der Waals surface area contributed by atoms with Crippen LogP contribution in [-0.4, -0.2) is 29.5 Å². The van der Waals surface area contributed by atoms with Crippen LogP contribution >= 0.6 is 69.6 Å². The second-order valence-corrected chi connectivity index (χ2v) is 14.2. The van der Waals surface area contributed by atoms with E-state index in [0.29, 0.717) is 52.9 Å². The van der Waals surface area contributed by atoms with Gasteiger partial charge in [-0.1, -0.05) is 106 Å². The van der Waals surface area contributed by atoms with Crippen LogP contribution in [0.1, 0.15) is 0 Å². The third kappa shape index (κ3) is 7.85. The summed E-state index contributed by atoms with van der Waals surface area (Å²) in [6, 6.07) is 33.7. The fourth-order valence-electron chi connectivity index (χ4n) is 5.84. The van der Waals surface area contributed by atoms with Gasteiger partial charge in [0.15, 0.2) is 0 Å².